The highest BCUT2D eigenvalue weighted by Gasteiger charge is 1.97. The van der Waals surface area contributed by atoms with E-state index in [9.17, 15) is 0 Å². The van der Waals surface area contributed by atoms with Crippen LogP contribution in [0.15, 0.2) is 59.7 Å². The Labute approximate surface area is 136 Å². The van der Waals surface area contributed by atoms with Crippen molar-refractivity contribution in [2.75, 3.05) is 0 Å². The molecule has 1 heteroatoms. The highest BCUT2D eigenvalue weighted by Crippen LogP contribution is 2.18. The van der Waals surface area contributed by atoms with Crippen molar-refractivity contribution in [1.82, 2.24) is 0 Å². The molecule has 0 saturated carbocycles. The minimum atomic E-state index is 0.894. The summed E-state index contributed by atoms with van der Waals surface area (Å²) in [7, 11) is 0. The lowest BCUT2D eigenvalue weighted by atomic mass is 10.0. The van der Waals surface area contributed by atoms with Crippen molar-refractivity contribution in [2.45, 2.75) is 41.0 Å². The summed E-state index contributed by atoms with van der Waals surface area (Å²) in [5, 5.41) is 7.14. The monoisotopic (exact) mass is 293 g/mol. The van der Waals surface area contributed by atoms with Crippen molar-refractivity contribution in [3.63, 3.8) is 0 Å². The van der Waals surface area contributed by atoms with Crippen LogP contribution in [-0.2, 0) is 0 Å². The molecular formula is C21H27N. The zero-order valence-electron chi connectivity index (χ0n) is 14.4. The summed E-state index contributed by atoms with van der Waals surface area (Å²) in [6.45, 7) is 9.78. The van der Waals surface area contributed by atoms with Gasteiger partial charge in [0, 0.05) is 6.21 Å². The molecule has 1 rings (SSSR count). The molecule has 0 aliphatic heterocycles. The Morgan fingerprint density at radius 2 is 1.68 bits per heavy atom. The van der Waals surface area contributed by atoms with Crippen molar-refractivity contribution in [3.8, 4) is 11.8 Å². The maximum absolute atomic E-state index is 7.14. The third-order valence-corrected chi connectivity index (χ3v) is 3.04. The van der Waals surface area contributed by atoms with E-state index >= 15 is 0 Å². The maximum Gasteiger partial charge on any atom is 0.0203 e. The summed E-state index contributed by atoms with van der Waals surface area (Å²) >= 11 is 0. The fourth-order valence-corrected chi connectivity index (χ4v) is 1.67. The highest BCUT2D eigenvalue weighted by molar-refractivity contribution is 5.75. The Balaban J connectivity index is 0.000000980. The second-order valence-electron chi connectivity index (χ2n) is 4.90. The topological polar surface area (TPSA) is 23.9 Å². The van der Waals surface area contributed by atoms with E-state index in [1.54, 1.807) is 0 Å². The Kier molecular flexibility index (Phi) is 11.1. The zero-order valence-corrected chi connectivity index (χ0v) is 14.4. The van der Waals surface area contributed by atoms with E-state index < -0.39 is 0 Å². The van der Waals surface area contributed by atoms with Crippen molar-refractivity contribution >= 4 is 11.8 Å². The van der Waals surface area contributed by atoms with Gasteiger partial charge in [0.1, 0.15) is 0 Å². The van der Waals surface area contributed by atoms with Crippen LogP contribution in [-0.4, -0.2) is 6.21 Å². The molecule has 0 radical (unpaired) electrons. The summed E-state index contributed by atoms with van der Waals surface area (Å²) in [5.41, 5.74) is 4.79. The van der Waals surface area contributed by atoms with Crippen molar-refractivity contribution in [2.24, 2.45) is 0 Å². The number of benzene rings is 1. The molecular weight excluding hydrogens is 266 g/mol. The highest BCUT2D eigenvalue weighted by atomic mass is 14.3. The van der Waals surface area contributed by atoms with E-state index in [1.807, 2.05) is 26.8 Å². The molecule has 0 heterocycles. The molecule has 0 aromatic heterocycles. The Hall–Kier alpha value is -2.33. The molecule has 0 atom stereocenters. The molecule has 0 fully saturated rings. The fraction of sp³-hybridized carbons (Fsp3) is 0.286. The molecule has 22 heavy (non-hydrogen) atoms. The summed E-state index contributed by atoms with van der Waals surface area (Å²) in [6, 6.07) is 10.4. The van der Waals surface area contributed by atoms with Gasteiger partial charge in [0.15, 0.2) is 0 Å². The lowest BCUT2D eigenvalue weighted by molar-refractivity contribution is 1.20. The zero-order chi connectivity index (χ0) is 16.8. The van der Waals surface area contributed by atoms with Gasteiger partial charge in [0.05, 0.1) is 0 Å². The minimum Gasteiger partial charge on any atom is -0.308 e. The van der Waals surface area contributed by atoms with Gasteiger partial charge in [0.2, 0.25) is 0 Å². The van der Waals surface area contributed by atoms with Crippen LogP contribution in [0, 0.1) is 17.3 Å². The molecule has 1 nitrogen and oxygen atoms in total. The summed E-state index contributed by atoms with van der Waals surface area (Å²) < 4.78 is 0. The molecule has 0 amide bonds. The normalized spacial score (nSPS) is 11.8. The molecule has 1 aromatic rings. The van der Waals surface area contributed by atoms with Crippen molar-refractivity contribution in [3.05, 3.63) is 65.3 Å². The van der Waals surface area contributed by atoms with Crippen molar-refractivity contribution in [1.29, 1.82) is 5.41 Å². The number of hydrogen-bond donors (Lipinski definition) is 1. The maximum atomic E-state index is 7.14. The van der Waals surface area contributed by atoms with E-state index in [0.29, 0.717) is 0 Å². The first-order valence-electron chi connectivity index (χ1n) is 7.48. The van der Waals surface area contributed by atoms with Crippen LogP contribution in [0.3, 0.4) is 0 Å². The van der Waals surface area contributed by atoms with Crippen LogP contribution in [0.1, 0.15) is 46.6 Å². The molecule has 116 valence electrons. The molecule has 0 aliphatic carbocycles. The quantitative estimate of drug-likeness (QED) is 0.388. The molecule has 0 bridgehead atoms. The van der Waals surface area contributed by atoms with Gasteiger partial charge >= 0.3 is 0 Å². The van der Waals surface area contributed by atoms with Gasteiger partial charge in [-0.1, -0.05) is 54.1 Å². The number of hydrogen-bond acceptors (Lipinski definition) is 1. The summed E-state index contributed by atoms with van der Waals surface area (Å²) in [4.78, 5) is 0. The van der Waals surface area contributed by atoms with Crippen LogP contribution >= 0.6 is 0 Å². The first-order chi connectivity index (χ1) is 10.6. The molecule has 0 saturated heterocycles. The van der Waals surface area contributed by atoms with Crippen LogP contribution < -0.4 is 0 Å². The van der Waals surface area contributed by atoms with Crippen LogP contribution in [0.4, 0.5) is 0 Å². The van der Waals surface area contributed by atoms with E-state index in [4.69, 9.17) is 5.41 Å². The fourth-order valence-electron chi connectivity index (χ4n) is 1.67. The Morgan fingerprint density at radius 3 is 2.14 bits per heavy atom. The van der Waals surface area contributed by atoms with Gasteiger partial charge in [-0.25, -0.2) is 0 Å². The average molecular weight is 293 g/mol. The van der Waals surface area contributed by atoms with Gasteiger partial charge in [-0.05, 0) is 57.7 Å². The Bertz CT molecular complexity index is 584. The smallest absolute Gasteiger partial charge is 0.0203 e. The van der Waals surface area contributed by atoms with E-state index in [0.717, 1.165) is 12.0 Å². The molecule has 0 unspecified atom stereocenters. The van der Waals surface area contributed by atoms with E-state index in [-0.39, 0.29) is 0 Å². The minimum absolute atomic E-state index is 0.894. The third-order valence-electron chi connectivity index (χ3n) is 3.04. The molecule has 1 aromatic carbocycles. The van der Waals surface area contributed by atoms with Gasteiger partial charge in [-0.15, -0.1) is 11.8 Å². The van der Waals surface area contributed by atoms with E-state index in [2.05, 4.69) is 68.2 Å². The molecule has 0 spiro atoms. The molecule has 0 aliphatic rings. The second-order valence-corrected chi connectivity index (χ2v) is 4.90. The number of allylic oxidation sites excluding steroid dienone is 6. The van der Waals surface area contributed by atoms with Crippen LogP contribution in [0.25, 0.3) is 5.57 Å². The second kappa shape index (κ2) is 12.4. The summed E-state index contributed by atoms with van der Waals surface area (Å²) in [5.74, 6) is 5.36. The summed E-state index contributed by atoms with van der Waals surface area (Å²) in [6.07, 6.45) is 8.71. The largest absolute Gasteiger partial charge is 0.308 e. The van der Waals surface area contributed by atoms with Crippen LogP contribution in [0.5, 0.6) is 0 Å². The lowest BCUT2D eigenvalue weighted by Gasteiger charge is -2.04. The van der Waals surface area contributed by atoms with Crippen molar-refractivity contribution < 1.29 is 0 Å². The first kappa shape index (κ1) is 19.7. The van der Waals surface area contributed by atoms with Gasteiger partial charge in [-0.3, -0.25) is 0 Å². The SMILES string of the molecule is C/C=C(\C=C(/C)C/C=C(/C)C=N)c1ccccc1.CC#CC. The average Bonchev–Trinajstić information content (AvgIpc) is 2.58. The molecule has 1 N–H and O–H groups in total. The Morgan fingerprint density at radius 1 is 1.09 bits per heavy atom. The van der Waals surface area contributed by atoms with Gasteiger partial charge < -0.3 is 5.41 Å². The predicted octanol–water partition coefficient (Wildman–Crippen LogP) is 6.05. The first-order valence-corrected chi connectivity index (χ1v) is 7.48. The van der Waals surface area contributed by atoms with Crippen LogP contribution in [0.2, 0.25) is 0 Å². The third kappa shape index (κ3) is 8.76. The van der Waals surface area contributed by atoms with Gasteiger partial charge in [0.25, 0.3) is 0 Å². The lowest BCUT2D eigenvalue weighted by Crippen LogP contribution is -1.83. The number of rotatable bonds is 5. The van der Waals surface area contributed by atoms with E-state index in [1.165, 1.54) is 22.9 Å². The van der Waals surface area contributed by atoms with Gasteiger partial charge in [-0.2, -0.15) is 0 Å². The standard InChI is InChI=1S/C17H21N.C4H6/c1-4-16(17-8-6-5-7-9-17)12-14(2)10-11-15(3)13-18;1-3-4-2/h4-9,11-13,18H,10H2,1-3H3;1-2H3/b14-12+,15-11-,16-4+,18-13?;. The number of nitrogens with one attached hydrogen (secondary N) is 1. The predicted molar refractivity (Wildman–Crippen MR) is 100 cm³/mol.